The second-order valence-electron chi connectivity index (χ2n) is 6.27. The molecule has 0 unspecified atom stereocenters. The largest absolute Gasteiger partial charge is 0.478 e. The number of aromatic nitrogens is 2. The van der Waals surface area contributed by atoms with Gasteiger partial charge < -0.3 is 9.67 Å². The van der Waals surface area contributed by atoms with Gasteiger partial charge in [0.05, 0.1) is 16.6 Å². The lowest BCUT2D eigenvalue weighted by molar-refractivity contribution is 0.0697. The number of fused-ring (bicyclic) bond motifs is 1. The van der Waals surface area contributed by atoms with Crippen molar-refractivity contribution >= 4 is 17.0 Å². The molecule has 1 aliphatic rings. The van der Waals surface area contributed by atoms with Gasteiger partial charge in [0, 0.05) is 6.54 Å². The Balaban J connectivity index is 2.03. The maximum atomic E-state index is 11.0. The molecule has 2 aromatic rings. The molecule has 0 aliphatic heterocycles. The van der Waals surface area contributed by atoms with Gasteiger partial charge in [0.1, 0.15) is 5.82 Å². The van der Waals surface area contributed by atoms with Gasteiger partial charge in [0.25, 0.3) is 0 Å². The molecule has 1 heterocycles. The summed E-state index contributed by atoms with van der Waals surface area (Å²) in [6.07, 6.45) is 2.55. The molecule has 1 aromatic carbocycles. The van der Waals surface area contributed by atoms with Crippen LogP contribution in [-0.4, -0.2) is 20.6 Å². The molecule has 0 bridgehead atoms. The normalized spacial score (nSPS) is 16.8. The van der Waals surface area contributed by atoms with Crippen LogP contribution >= 0.6 is 0 Å². The number of carboxylic acid groups (broad SMARTS) is 1. The van der Waals surface area contributed by atoms with Gasteiger partial charge in [-0.25, -0.2) is 9.78 Å². The minimum absolute atomic E-state index is 0.298. The van der Waals surface area contributed by atoms with Gasteiger partial charge in [-0.2, -0.15) is 0 Å². The number of carbonyl (C=O) groups is 1. The first-order valence-corrected chi connectivity index (χ1v) is 7.13. The van der Waals surface area contributed by atoms with Gasteiger partial charge in [0.15, 0.2) is 0 Å². The highest BCUT2D eigenvalue weighted by Gasteiger charge is 2.45. The first-order valence-electron chi connectivity index (χ1n) is 7.13. The van der Waals surface area contributed by atoms with Crippen LogP contribution in [-0.2, 0) is 6.54 Å². The molecule has 0 spiro atoms. The molecule has 1 aliphatic carbocycles. The fourth-order valence-electron chi connectivity index (χ4n) is 2.98. The van der Waals surface area contributed by atoms with E-state index in [1.807, 2.05) is 13.0 Å². The second kappa shape index (κ2) is 4.33. The van der Waals surface area contributed by atoms with Gasteiger partial charge in [-0.1, -0.05) is 13.8 Å². The quantitative estimate of drug-likeness (QED) is 0.927. The highest BCUT2D eigenvalue weighted by atomic mass is 16.4. The van der Waals surface area contributed by atoms with Crippen LogP contribution in [0.4, 0.5) is 0 Å². The maximum absolute atomic E-state index is 11.0. The Labute approximate surface area is 118 Å². The van der Waals surface area contributed by atoms with E-state index in [1.54, 1.807) is 12.1 Å². The van der Waals surface area contributed by atoms with Crippen LogP contribution in [0.2, 0.25) is 0 Å². The molecule has 1 saturated carbocycles. The standard InChI is InChI=1S/C16H20N2O2/c1-10(2)16(6-7-16)9-18-11(3)17-13-8-12(15(19)20)4-5-14(13)18/h4-5,8,10H,6-7,9H2,1-3H3,(H,19,20). The molecule has 106 valence electrons. The van der Waals surface area contributed by atoms with Gasteiger partial charge in [-0.05, 0) is 49.3 Å². The van der Waals surface area contributed by atoms with Crippen molar-refractivity contribution in [2.75, 3.05) is 0 Å². The van der Waals surface area contributed by atoms with Crippen LogP contribution in [0.25, 0.3) is 11.0 Å². The Morgan fingerprint density at radius 3 is 2.70 bits per heavy atom. The predicted molar refractivity (Wildman–Crippen MR) is 77.9 cm³/mol. The zero-order valence-electron chi connectivity index (χ0n) is 12.2. The van der Waals surface area contributed by atoms with Gasteiger partial charge >= 0.3 is 5.97 Å². The van der Waals surface area contributed by atoms with E-state index in [0.717, 1.165) is 23.4 Å². The Hall–Kier alpha value is -1.84. The van der Waals surface area contributed by atoms with Gasteiger partial charge in [-0.3, -0.25) is 0 Å². The summed E-state index contributed by atoms with van der Waals surface area (Å²) in [7, 11) is 0. The van der Waals surface area contributed by atoms with Crippen molar-refractivity contribution < 1.29 is 9.90 Å². The van der Waals surface area contributed by atoms with E-state index in [2.05, 4.69) is 23.4 Å². The van der Waals surface area contributed by atoms with Crippen molar-refractivity contribution in [3.8, 4) is 0 Å². The number of carboxylic acids is 1. The SMILES string of the molecule is Cc1nc2cc(C(=O)O)ccc2n1CC1(C(C)C)CC1. The number of nitrogens with zero attached hydrogens (tertiary/aromatic N) is 2. The molecule has 3 rings (SSSR count). The topological polar surface area (TPSA) is 55.1 Å². The molecule has 0 atom stereocenters. The Kier molecular flexibility index (Phi) is 2.85. The summed E-state index contributed by atoms with van der Waals surface area (Å²) in [4.78, 5) is 15.6. The van der Waals surface area contributed by atoms with Crippen LogP contribution in [0.5, 0.6) is 0 Å². The summed E-state index contributed by atoms with van der Waals surface area (Å²) < 4.78 is 2.24. The molecule has 1 N–H and O–H groups in total. The fourth-order valence-corrected chi connectivity index (χ4v) is 2.98. The average molecular weight is 272 g/mol. The first-order chi connectivity index (χ1) is 9.43. The summed E-state index contributed by atoms with van der Waals surface area (Å²) in [6, 6.07) is 5.21. The van der Waals surface area contributed by atoms with Crippen molar-refractivity contribution in [2.45, 2.75) is 40.2 Å². The second-order valence-corrected chi connectivity index (χ2v) is 6.27. The van der Waals surface area contributed by atoms with E-state index < -0.39 is 5.97 Å². The molecule has 0 saturated heterocycles. The Morgan fingerprint density at radius 1 is 1.45 bits per heavy atom. The number of aryl methyl sites for hydroxylation is 1. The monoisotopic (exact) mass is 272 g/mol. The minimum Gasteiger partial charge on any atom is -0.478 e. The summed E-state index contributed by atoms with van der Waals surface area (Å²) in [5, 5.41) is 9.06. The molecular weight excluding hydrogens is 252 g/mol. The van der Waals surface area contributed by atoms with Crippen molar-refractivity contribution in [1.82, 2.24) is 9.55 Å². The summed E-state index contributed by atoms with van der Waals surface area (Å²) in [5.74, 6) is 0.729. The maximum Gasteiger partial charge on any atom is 0.335 e. The highest BCUT2D eigenvalue weighted by Crippen LogP contribution is 2.53. The summed E-state index contributed by atoms with van der Waals surface area (Å²) in [5.41, 5.74) is 2.53. The predicted octanol–water partition coefficient (Wildman–Crippen LogP) is 3.48. The number of hydrogen-bond donors (Lipinski definition) is 1. The molecule has 0 amide bonds. The molecule has 1 aromatic heterocycles. The van der Waals surface area contributed by atoms with E-state index in [-0.39, 0.29) is 0 Å². The van der Waals surface area contributed by atoms with E-state index in [9.17, 15) is 4.79 Å². The number of hydrogen-bond acceptors (Lipinski definition) is 2. The zero-order valence-corrected chi connectivity index (χ0v) is 12.2. The van der Waals surface area contributed by atoms with Crippen molar-refractivity contribution in [2.24, 2.45) is 11.3 Å². The van der Waals surface area contributed by atoms with Crippen molar-refractivity contribution in [3.63, 3.8) is 0 Å². The lowest BCUT2D eigenvalue weighted by atomic mass is 9.92. The third kappa shape index (κ3) is 1.99. The summed E-state index contributed by atoms with van der Waals surface area (Å²) in [6.45, 7) is 7.55. The third-order valence-corrected chi connectivity index (χ3v) is 4.78. The van der Waals surface area contributed by atoms with Gasteiger partial charge in [-0.15, -0.1) is 0 Å². The van der Waals surface area contributed by atoms with Gasteiger partial charge in [0.2, 0.25) is 0 Å². The molecule has 0 radical (unpaired) electrons. The number of benzene rings is 1. The lowest BCUT2D eigenvalue weighted by Crippen LogP contribution is -2.18. The van der Waals surface area contributed by atoms with Crippen LogP contribution < -0.4 is 0 Å². The highest BCUT2D eigenvalue weighted by molar-refractivity contribution is 5.92. The van der Waals surface area contributed by atoms with Crippen LogP contribution in [0.3, 0.4) is 0 Å². The third-order valence-electron chi connectivity index (χ3n) is 4.78. The Bertz CT molecular complexity index is 681. The van der Waals surface area contributed by atoms with E-state index in [1.165, 1.54) is 12.8 Å². The van der Waals surface area contributed by atoms with Crippen LogP contribution in [0.1, 0.15) is 42.9 Å². The molecule has 4 heteroatoms. The van der Waals surface area contributed by atoms with Crippen LogP contribution in [0, 0.1) is 18.3 Å². The number of rotatable bonds is 4. The minimum atomic E-state index is -0.903. The molecular formula is C16H20N2O2. The molecule has 20 heavy (non-hydrogen) atoms. The van der Waals surface area contributed by atoms with E-state index in [4.69, 9.17) is 5.11 Å². The lowest BCUT2D eigenvalue weighted by Gasteiger charge is -2.21. The van der Waals surface area contributed by atoms with Crippen LogP contribution in [0.15, 0.2) is 18.2 Å². The van der Waals surface area contributed by atoms with E-state index in [0.29, 0.717) is 16.9 Å². The smallest absolute Gasteiger partial charge is 0.335 e. The Morgan fingerprint density at radius 2 is 2.15 bits per heavy atom. The first kappa shape index (κ1) is 13.2. The fraction of sp³-hybridized carbons (Fsp3) is 0.500. The summed E-state index contributed by atoms with van der Waals surface area (Å²) >= 11 is 0. The zero-order chi connectivity index (χ0) is 14.5. The van der Waals surface area contributed by atoms with Crippen molar-refractivity contribution in [3.05, 3.63) is 29.6 Å². The number of aromatic carboxylic acids is 1. The number of imidazole rings is 1. The molecule has 4 nitrogen and oxygen atoms in total. The average Bonchev–Trinajstić information content (AvgIpc) is 3.10. The van der Waals surface area contributed by atoms with E-state index >= 15 is 0 Å². The van der Waals surface area contributed by atoms with Crippen molar-refractivity contribution in [1.29, 1.82) is 0 Å². The molecule has 1 fully saturated rings.